The van der Waals surface area contributed by atoms with Crippen LogP contribution in [-0.2, 0) is 0 Å². The number of hydrogen-bond acceptors (Lipinski definition) is 6. The molecular formula is C109H66N6S3. The van der Waals surface area contributed by atoms with Gasteiger partial charge in [-0.3, -0.25) is 15.0 Å². The van der Waals surface area contributed by atoms with Crippen molar-refractivity contribution in [2.24, 2.45) is 0 Å². The quantitative estimate of drug-likeness (QED) is 0.160. The second-order valence-electron chi connectivity index (χ2n) is 30.5. The van der Waals surface area contributed by atoms with E-state index in [1.807, 2.05) is 52.6 Å². The van der Waals surface area contributed by atoms with Crippen molar-refractivity contribution in [3.8, 4) is 61.6 Å². The second-order valence-corrected chi connectivity index (χ2v) is 33.8. The first-order valence-electron chi connectivity index (χ1n) is 39.9. The summed E-state index contributed by atoms with van der Waals surface area (Å²) in [6.45, 7) is 0. The van der Waals surface area contributed by atoms with Crippen molar-refractivity contribution in [3.63, 3.8) is 0 Å². The van der Waals surface area contributed by atoms with Crippen LogP contribution in [0.25, 0.3) is 231 Å². The normalized spacial score (nSPS) is 11.9. The largest absolute Gasteiger partial charge is 0.309 e. The zero-order valence-corrected chi connectivity index (χ0v) is 66.0. The third-order valence-electron chi connectivity index (χ3n) is 23.8. The molecule has 0 aliphatic rings. The summed E-state index contributed by atoms with van der Waals surface area (Å²) in [6.07, 6.45) is 6.09. The number of benzene rings is 17. The summed E-state index contributed by atoms with van der Waals surface area (Å²) < 4.78 is 14.8. The summed E-state index contributed by atoms with van der Waals surface area (Å²) in [5.41, 5.74) is 23.4. The molecule has 0 aliphatic heterocycles. The molecule has 0 amide bonds. The summed E-state index contributed by atoms with van der Waals surface area (Å²) in [5.74, 6) is 0. The molecule has 0 aliphatic carbocycles. The number of nitrogens with zero attached hydrogens (tertiary/aromatic N) is 6. The van der Waals surface area contributed by atoms with Crippen LogP contribution in [-0.4, -0.2) is 28.7 Å². The fraction of sp³-hybridized carbons (Fsp3) is 0. The van der Waals surface area contributed by atoms with Crippen molar-refractivity contribution in [3.05, 3.63) is 401 Å². The lowest BCUT2D eigenvalue weighted by Gasteiger charge is -2.11. The Labute approximate surface area is 689 Å². The predicted molar refractivity (Wildman–Crippen MR) is 506 cm³/mol. The predicted octanol–water partition coefficient (Wildman–Crippen LogP) is 30.9. The van der Waals surface area contributed by atoms with Gasteiger partial charge in [-0.25, -0.2) is 0 Å². The molecule has 118 heavy (non-hydrogen) atoms. The van der Waals surface area contributed by atoms with Crippen molar-refractivity contribution in [2.45, 2.75) is 0 Å². The highest BCUT2D eigenvalue weighted by Crippen LogP contribution is 2.45. The van der Waals surface area contributed by atoms with E-state index in [9.17, 15) is 0 Å². The molecule has 9 heterocycles. The Morgan fingerprint density at radius 2 is 0.475 bits per heavy atom. The standard InChI is InChI=1S/C39H24N2S.C37H22N2S.C33H20N2S/c1-2-11-29(12-3-1)41-35-15-6-4-13-30(35)33-22-27(18-20-36(33)41)25-9-8-10-26(21-25)28-17-19-31-34(23-28)40-24-38-39(31)32-14-5-7-16-37(32)42-38;1-2-9-25-21-34-31(19-24(25)8-1)28-12-3-5-14-33(28)39(34)27-11-7-10-23(18-27)26-16-17-29-32(20-26)38-22-36-37(29)30-13-4-6-15-35(30)40-36;1-4-13-29-24(10-1)25-11-2-5-14-30(25)35(29)23-9-7-8-21(18-23)22-16-17-26-28(19-22)34-20-32-33(26)27-12-3-6-15-31(27)36-32/h1-24H;1-22H;1-20H. The Morgan fingerprint density at radius 1 is 0.169 bits per heavy atom. The first kappa shape index (κ1) is 67.8. The Balaban J connectivity index is 0.000000101. The summed E-state index contributed by atoms with van der Waals surface area (Å²) in [5, 5.41) is 21.7. The molecule has 0 saturated carbocycles. The van der Waals surface area contributed by atoms with Gasteiger partial charge in [-0.05, 0) is 183 Å². The number of fused-ring (bicyclic) bond motifs is 25. The molecule has 0 bridgehead atoms. The number of rotatable bonds is 7. The van der Waals surface area contributed by atoms with E-state index in [1.165, 1.54) is 203 Å². The minimum Gasteiger partial charge on any atom is -0.309 e. The second kappa shape index (κ2) is 27.5. The van der Waals surface area contributed by atoms with Crippen molar-refractivity contribution in [2.75, 3.05) is 0 Å². The van der Waals surface area contributed by atoms with Crippen LogP contribution in [0.3, 0.4) is 0 Å². The van der Waals surface area contributed by atoms with Gasteiger partial charge in [0.1, 0.15) is 0 Å². The number of pyridine rings is 3. The van der Waals surface area contributed by atoms with Crippen molar-refractivity contribution < 1.29 is 0 Å². The third-order valence-corrected chi connectivity index (χ3v) is 27.2. The Morgan fingerprint density at radius 3 is 0.924 bits per heavy atom. The molecule has 550 valence electrons. The highest BCUT2D eigenvalue weighted by Gasteiger charge is 2.21. The maximum atomic E-state index is 4.88. The van der Waals surface area contributed by atoms with E-state index >= 15 is 0 Å². The van der Waals surface area contributed by atoms with E-state index in [-0.39, 0.29) is 0 Å². The van der Waals surface area contributed by atoms with Gasteiger partial charge in [-0.15, -0.1) is 34.0 Å². The van der Waals surface area contributed by atoms with Crippen LogP contribution < -0.4 is 0 Å². The van der Waals surface area contributed by atoms with E-state index in [4.69, 9.17) is 15.0 Å². The molecule has 0 radical (unpaired) electrons. The van der Waals surface area contributed by atoms with Crippen LogP contribution in [0.1, 0.15) is 0 Å². The maximum Gasteiger partial charge on any atom is 0.0715 e. The fourth-order valence-electron chi connectivity index (χ4n) is 18.4. The average Bonchev–Trinajstić information content (AvgIpc) is 1.61. The molecule has 6 nitrogen and oxygen atoms in total. The van der Waals surface area contributed by atoms with E-state index in [0.717, 1.165) is 27.9 Å². The molecule has 17 aromatic carbocycles. The minimum absolute atomic E-state index is 1.03. The number of aromatic nitrogens is 6. The van der Waals surface area contributed by atoms with Crippen LogP contribution in [0.2, 0.25) is 0 Å². The third kappa shape index (κ3) is 11.1. The zero-order valence-electron chi connectivity index (χ0n) is 63.5. The molecule has 26 aromatic rings. The van der Waals surface area contributed by atoms with E-state index in [2.05, 4.69) is 396 Å². The van der Waals surface area contributed by atoms with Crippen LogP contribution in [0.15, 0.2) is 401 Å². The highest BCUT2D eigenvalue weighted by atomic mass is 32.1. The SMILES string of the molecule is c1cc(-c2ccc3c(c2)ncc2sc4ccccc4c23)cc(-n2c3ccccc3c3cc4ccccc4cc32)c1.c1cc(-c2ccc3c(c2)ncc2sc4ccccc4c23)cc(-n2c3ccccc3c3ccccc32)c1.c1ccc(-n2c3ccccc3c3cc(-c4cccc(-c5ccc6c(c5)ncc5sc7ccccc7c56)c4)ccc32)cc1. The first-order valence-corrected chi connectivity index (χ1v) is 42.3. The molecule has 26 rings (SSSR count). The molecular weight excluding hydrogens is 1490 g/mol. The Kier molecular flexibility index (Phi) is 15.8. The van der Waals surface area contributed by atoms with Crippen LogP contribution in [0.5, 0.6) is 0 Å². The minimum atomic E-state index is 1.03. The number of hydrogen-bond donors (Lipinski definition) is 0. The topological polar surface area (TPSA) is 53.5 Å². The maximum absolute atomic E-state index is 4.88. The first-order chi connectivity index (χ1) is 58.5. The van der Waals surface area contributed by atoms with E-state index in [0.29, 0.717) is 0 Å². The molecule has 0 saturated heterocycles. The van der Waals surface area contributed by atoms with Gasteiger partial charge >= 0.3 is 0 Å². The fourth-order valence-corrected chi connectivity index (χ4v) is 21.7. The van der Waals surface area contributed by atoms with Crippen LogP contribution in [0, 0.1) is 0 Å². The summed E-state index contributed by atoms with van der Waals surface area (Å²) >= 11 is 5.44. The average molecular weight is 1560 g/mol. The molecule has 9 heteroatoms. The van der Waals surface area contributed by atoms with Gasteiger partial charge in [0.2, 0.25) is 0 Å². The molecule has 0 N–H and O–H groups in total. The lowest BCUT2D eigenvalue weighted by Crippen LogP contribution is -1.94. The smallest absolute Gasteiger partial charge is 0.0715 e. The van der Waals surface area contributed by atoms with Gasteiger partial charge < -0.3 is 13.7 Å². The van der Waals surface area contributed by atoms with Crippen LogP contribution >= 0.6 is 34.0 Å². The van der Waals surface area contributed by atoms with Crippen molar-refractivity contribution in [1.29, 1.82) is 0 Å². The van der Waals surface area contributed by atoms with Gasteiger partial charge in [0.05, 0.1) is 63.8 Å². The van der Waals surface area contributed by atoms with Crippen molar-refractivity contribution in [1.82, 2.24) is 28.7 Å². The lowest BCUT2D eigenvalue weighted by molar-refractivity contribution is 1.18. The lowest BCUT2D eigenvalue weighted by atomic mass is 9.97. The van der Waals surface area contributed by atoms with Crippen molar-refractivity contribution >= 4 is 203 Å². The molecule has 9 aromatic heterocycles. The highest BCUT2D eigenvalue weighted by molar-refractivity contribution is 7.26. The van der Waals surface area contributed by atoms with Gasteiger partial charge in [0.15, 0.2) is 0 Å². The summed E-state index contributed by atoms with van der Waals surface area (Å²) in [7, 11) is 0. The van der Waals surface area contributed by atoms with Gasteiger partial charge in [0.25, 0.3) is 0 Å². The molecule has 0 unspecified atom stereocenters. The summed E-state index contributed by atoms with van der Waals surface area (Å²) in [4.78, 5) is 14.6. The molecule has 0 spiro atoms. The van der Waals surface area contributed by atoms with E-state index in [1.54, 1.807) is 0 Å². The van der Waals surface area contributed by atoms with Gasteiger partial charge in [-0.2, -0.15) is 0 Å². The van der Waals surface area contributed by atoms with E-state index < -0.39 is 0 Å². The molecule has 0 fully saturated rings. The molecule has 0 atom stereocenters. The van der Waals surface area contributed by atoms with Crippen LogP contribution in [0.4, 0.5) is 0 Å². The summed E-state index contributed by atoms with van der Waals surface area (Å²) in [6, 6.07) is 138. The monoisotopic (exact) mass is 1550 g/mol. The Bertz CT molecular complexity index is 8560. The van der Waals surface area contributed by atoms with Gasteiger partial charge in [-0.1, -0.05) is 255 Å². The van der Waals surface area contributed by atoms with Gasteiger partial charge in [0, 0.05) is 131 Å². The number of para-hydroxylation sites is 5. The number of thiophene rings is 3. The zero-order chi connectivity index (χ0) is 77.5. The Hall–Kier alpha value is -14.7.